The quantitative estimate of drug-likeness (QED) is 0.522. The molecule has 1 aliphatic heterocycles. The summed E-state index contributed by atoms with van der Waals surface area (Å²) in [6.07, 6.45) is 0.372. The van der Waals surface area contributed by atoms with Gasteiger partial charge in [-0.05, 0) is 36.1 Å². The highest BCUT2D eigenvalue weighted by Crippen LogP contribution is 2.44. The first-order valence-corrected chi connectivity index (χ1v) is 11.1. The molecule has 0 bridgehead atoms. The van der Waals surface area contributed by atoms with E-state index in [0.29, 0.717) is 11.5 Å². The van der Waals surface area contributed by atoms with Crippen molar-refractivity contribution in [3.05, 3.63) is 89.5 Å². The lowest BCUT2D eigenvalue weighted by Gasteiger charge is -2.39. The number of nitrogens with zero attached hydrogens (tertiary/aromatic N) is 1. The van der Waals surface area contributed by atoms with Crippen molar-refractivity contribution < 1.29 is 19.0 Å². The minimum atomic E-state index is -0.374. The van der Waals surface area contributed by atoms with Crippen molar-refractivity contribution >= 4 is 11.8 Å². The van der Waals surface area contributed by atoms with E-state index >= 15 is 0 Å². The third-order valence-corrected chi connectivity index (χ3v) is 5.98. The monoisotopic (exact) mass is 446 g/mol. The normalized spacial score (nSPS) is 17.2. The summed E-state index contributed by atoms with van der Waals surface area (Å²) in [6.45, 7) is 2.99. The Kier molecular flexibility index (Phi) is 7.15. The van der Waals surface area contributed by atoms with Crippen molar-refractivity contribution in [3.8, 4) is 11.5 Å². The van der Waals surface area contributed by atoms with E-state index in [1.165, 1.54) is 5.56 Å². The Bertz CT molecular complexity index is 1070. The second-order valence-electron chi connectivity index (χ2n) is 8.18. The van der Waals surface area contributed by atoms with Crippen LogP contribution in [-0.2, 0) is 17.9 Å². The molecule has 0 unspecified atom stereocenters. The molecule has 0 spiro atoms. The van der Waals surface area contributed by atoms with Crippen LogP contribution in [0.2, 0.25) is 0 Å². The van der Waals surface area contributed by atoms with Gasteiger partial charge in [0.15, 0.2) is 11.5 Å². The Labute approximate surface area is 195 Å². The highest BCUT2D eigenvalue weighted by Gasteiger charge is 2.36. The van der Waals surface area contributed by atoms with Gasteiger partial charge >= 0.3 is 6.09 Å². The van der Waals surface area contributed by atoms with Crippen LogP contribution in [0.5, 0.6) is 11.5 Å². The van der Waals surface area contributed by atoms with Crippen molar-refractivity contribution in [2.24, 2.45) is 0 Å². The van der Waals surface area contributed by atoms with Crippen LogP contribution in [0.15, 0.2) is 72.8 Å². The second-order valence-corrected chi connectivity index (χ2v) is 8.18. The first-order chi connectivity index (χ1) is 16.1. The number of methoxy groups -OCH3 is 2. The fourth-order valence-corrected chi connectivity index (χ4v) is 4.28. The van der Waals surface area contributed by atoms with Crippen LogP contribution in [0.25, 0.3) is 0 Å². The van der Waals surface area contributed by atoms with E-state index in [9.17, 15) is 4.79 Å². The summed E-state index contributed by atoms with van der Waals surface area (Å²) >= 11 is 0. The van der Waals surface area contributed by atoms with Crippen LogP contribution in [0, 0.1) is 0 Å². The fraction of sp³-hybridized carbons (Fsp3) is 0.296. The average molecular weight is 447 g/mol. The minimum absolute atomic E-state index is 0.0492. The first-order valence-electron chi connectivity index (χ1n) is 11.1. The van der Waals surface area contributed by atoms with Crippen LogP contribution in [0.3, 0.4) is 0 Å². The molecule has 4 rings (SSSR count). The number of fused-ring (bicyclic) bond motifs is 1. The molecule has 0 saturated heterocycles. The molecule has 172 valence electrons. The highest BCUT2D eigenvalue weighted by atomic mass is 16.6. The summed E-state index contributed by atoms with van der Waals surface area (Å²) in [5.41, 5.74) is 3.91. The fourth-order valence-electron chi connectivity index (χ4n) is 4.28. The molecule has 0 aliphatic carbocycles. The number of hydrogen-bond donors (Lipinski definition) is 1. The molecule has 1 amide bonds. The summed E-state index contributed by atoms with van der Waals surface area (Å²) in [4.78, 5) is 14.9. The molecular weight excluding hydrogens is 416 g/mol. The zero-order valence-corrected chi connectivity index (χ0v) is 19.3. The summed E-state index contributed by atoms with van der Waals surface area (Å²) < 4.78 is 16.8. The molecule has 3 aromatic rings. The summed E-state index contributed by atoms with van der Waals surface area (Å²) in [6, 6.07) is 23.8. The topological polar surface area (TPSA) is 60.0 Å². The van der Waals surface area contributed by atoms with Gasteiger partial charge in [-0.3, -0.25) is 4.90 Å². The number of amides is 1. The van der Waals surface area contributed by atoms with E-state index in [2.05, 4.69) is 17.4 Å². The van der Waals surface area contributed by atoms with Crippen LogP contribution in [0.4, 0.5) is 10.5 Å². The van der Waals surface area contributed by atoms with Crippen molar-refractivity contribution in [2.75, 3.05) is 19.1 Å². The Morgan fingerprint density at radius 3 is 2.18 bits per heavy atom. The maximum Gasteiger partial charge on any atom is 0.414 e. The molecule has 0 radical (unpaired) electrons. The standard InChI is InChI=1S/C27H30N2O4/c1-19-14-23(28-17-20-10-6-4-7-11-20)22-15-25(31-2)26(32-3)16-24(22)29(19)27(30)33-18-21-12-8-5-9-13-21/h4-13,15-16,19,23,28H,14,17-18H2,1-3H3/t19-,23+/m1/s1. The molecule has 6 heteroatoms. The number of benzene rings is 3. The maximum atomic E-state index is 13.2. The van der Waals surface area contributed by atoms with Crippen LogP contribution in [-0.4, -0.2) is 26.4 Å². The molecule has 3 aromatic carbocycles. The van der Waals surface area contributed by atoms with E-state index in [4.69, 9.17) is 14.2 Å². The molecule has 6 nitrogen and oxygen atoms in total. The molecule has 0 saturated carbocycles. The molecule has 1 N–H and O–H groups in total. The van der Waals surface area contributed by atoms with Crippen molar-refractivity contribution in [1.29, 1.82) is 0 Å². The lowest BCUT2D eigenvalue weighted by molar-refractivity contribution is 0.143. The molecule has 1 heterocycles. The molecule has 0 aromatic heterocycles. The Hall–Kier alpha value is -3.51. The summed E-state index contributed by atoms with van der Waals surface area (Å²) in [7, 11) is 3.22. The number of carbonyl (C=O) groups excluding carboxylic acids is 1. The lowest BCUT2D eigenvalue weighted by Crippen LogP contribution is -2.45. The van der Waals surface area contributed by atoms with Gasteiger partial charge in [0.25, 0.3) is 0 Å². The Morgan fingerprint density at radius 1 is 0.939 bits per heavy atom. The van der Waals surface area contributed by atoms with Gasteiger partial charge in [-0.1, -0.05) is 60.7 Å². The molecule has 0 fully saturated rings. The van der Waals surface area contributed by atoms with Crippen molar-refractivity contribution in [2.45, 2.75) is 38.6 Å². The molecule has 1 aliphatic rings. The summed E-state index contributed by atoms with van der Waals surface area (Å²) in [5, 5.41) is 3.66. The Morgan fingerprint density at radius 2 is 1.55 bits per heavy atom. The van der Waals surface area contributed by atoms with Crippen molar-refractivity contribution in [3.63, 3.8) is 0 Å². The average Bonchev–Trinajstić information content (AvgIpc) is 2.86. The van der Waals surface area contributed by atoms with Gasteiger partial charge in [0.05, 0.1) is 19.9 Å². The minimum Gasteiger partial charge on any atom is -0.493 e. The van der Waals surface area contributed by atoms with E-state index in [0.717, 1.165) is 29.8 Å². The van der Waals surface area contributed by atoms with Crippen molar-refractivity contribution in [1.82, 2.24) is 5.32 Å². The number of ether oxygens (including phenoxy) is 3. The van der Waals surface area contributed by atoms with Gasteiger partial charge in [0, 0.05) is 24.7 Å². The van der Waals surface area contributed by atoms with Gasteiger partial charge in [0.1, 0.15) is 6.61 Å². The first kappa shape index (κ1) is 22.7. The van der Waals surface area contributed by atoms with Crippen LogP contribution >= 0.6 is 0 Å². The van der Waals surface area contributed by atoms with E-state index < -0.39 is 0 Å². The third kappa shape index (κ3) is 5.12. The van der Waals surface area contributed by atoms with Gasteiger partial charge < -0.3 is 19.5 Å². The van der Waals surface area contributed by atoms with E-state index in [-0.39, 0.29) is 24.8 Å². The maximum absolute atomic E-state index is 13.2. The van der Waals surface area contributed by atoms with Gasteiger partial charge in [-0.2, -0.15) is 0 Å². The van der Waals surface area contributed by atoms with Crippen LogP contribution < -0.4 is 19.7 Å². The van der Waals surface area contributed by atoms with E-state index in [1.54, 1.807) is 19.1 Å². The molecule has 2 atom stereocenters. The number of nitrogens with one attached hydrogen (secondary N) is 1. The van der Waals surface area contributed by atoms with Gasteiger partial charge in [-0.25, -0.2) is 4.79 Å². The predicted molar refractivity (Wildman–Crippen MR) is 129 cm³/mol. The third-order valence-electron chi connectivity index (χ3n) is 5.98. The SMILES string of the molecule is COc1cc2c(cc1OC)N(C(=O)OCc1ccccc1)[C@H](C)C[C@@H]2NCc1ccccc1. The van der Waals surface area contributed by atoms with Gasteiger partial charge in [-0.15, -0.1) is 0 Å². The lowest BCUT2D eigenvalue weighted by atomic mass is 9.91. The summed E-state index contributed by atoms with van der Waals surface area (Å²) in [5.74, 6) is 1.21. The number of carbonyl (C=O) groups is 1. The van der Waals surface area contributed by atoms with Crippen LogP contribution in [0.1, 0.15) is 36.1 Å². The Balaban J connectivity index is 1.62. The number of hydrogen-bond acceptors (Lipinski definition) is 5. The zero-order valence-electron chi connectivity index (χ0n) is 19.3. The smallest absolute Gasteiger partial charge is 0.414 e. The molecule has 33 heavy (non-hydrogen) atoms. The zero-order chi connectivity index (χ0) is 23.2. The van der Waals surface area contributed by atoms with E-state index in [1.807, 2.05) is 67.6 Å². The number of anilines is 1. The van der Waals surface area contributed by atoms with Gasteiger partial charge in [0.2, 0.25) is 0 Å². The predicted octanol–water partition coefficient (Wildman–Crippen LogP) is 5.47. The highest BCUT2D eigenvalue weighted by molar-refractivity contribution is 5.91. The second kappa shape index (κ2) is 10.4. The largest absolute Gasteiger partial charge is 0.493 e. The molecular formula is C27H30N2O4. The number of rotatable bonds is 7.